The predicted octanol–water partition coefficient (Wildman–Crippen LogP) is 3.21. The van der Waals surface area contributed by atoms with Crippen LogP contribution >= 0.6 is 11.8 Å². The maximum Gasteiger partial charge on any atom is 0.241 e. The Kier molecular flexibility index (Phi) is 8.27. The molecule has 0 atom stereocenters. The van der Waals surface area contributed by atoms with Gasteiger partial charge >= 0.3 is 0 Å². The zero-order valence-corrected chi connectivity index (χ0v) is 17.6. The molecule has 0 aromatic heterocycles. The van der Waals surface area contributed by atoms with Crippen molar-refractivity contribution in [2.45, 2.75) is 26.7 Å². The van der Waals surface area contributed by atoms with Gasteiger partial charge in [0, 0.05) is 11.9 Å². The zero-order valence-electron chi connectivity index (χ0n) is 16.8. The Morgan fingerprint density at radius 2 is 1.83 bits per heavy atom. The minimum Gasteiger partial charge on any atom is -0.325 e. The monoisotopic (exact) mass is 406 g/mol. The summed E-state index contributed by atoms with van der Waals surface area (Å²) in [5.41, 5.74) is 0.593. The summed E-state index contributed by atoms with van der Waals surface area (Å²) < 4.78 is 0. The van der Waals surface area contributed by atoms with E-state index < -0.39 is 5.41 Å². The molecule has 29 heavy (non-hydrogen) atoms. The van der Waals surface area contributed by atoms with E-state index in [0.29, 0.717) is 28.5 Å². The van der Waals surface area contributed by atoms with Crippen LogP contribution in [0.5, 0.6) is 0 Å². The van der Waals surface area contributed by atoms with Crippen molar-refractivity contribution in [1.29, 1.82) is 0 Å². The summed E-state index contributed by atoms with van der Waals surface area (Å²) >= 11 is 1.22. The van der Waals surface area contributed by atoms with Gasteiger partial charge in [0.05, 0.1) is 0 Å². The summed E-state index contributed by atoms with van der Waals surface area (Å²) in [5.74, 6) is -0.676. The molecular formula is C22H25BN3O2S. The van der Waals surface area contributed by atoms with Gasteiger partial charge in [-0.3, -0.25) is 9.59 Å². The number of carbonyl (C=O) groups excluding carboxylic acids is 2. The molecular weight excluding hydrogens is 381 g/mol. The number of thioether (sulfide) groups is 1. The van der Waals surface area contributed by atoms with Crippen LogP contribution in [0.15, 0.2) is 83.4 Å². The number of amides is 2. The third kappa shape index (κ3) is 6.36. The highest BCUT2D eigenvalue weighted by Gasteiger charge is 2.56. The van der Waals surface area contributed by atoms with Gasteiger partial charge in [0.25, 0.3) is 0 Å². The van der Waals surface area contributed by atoms with Gasteiger partial charge in [-0.1, -0.05) is 72.9 Å². The highest BCUT2D eigenvalue weighted by atomic mass is 32.2. The van der Waals surface area contributed by atoms with Crippen LogP contribution in [-0.4, -0.2) is 24.3 Å². The van der Waals surface area contributed by atoms with Crippen molar-refractivity contribution in [2.75, 3.05) is 0 Å². The molecule has 0 unspecified atom stereocenters. The SMILES string of the molecule is C=CN=C(NC(=O)C1(C(=O)NC(/C=C\C)=C/C)CC1)SC(=C)[B]c1ccccc1. The first-order valence-electron chi connectivity index (χ1n) is 9.32. The molecule has 0 heterocycles. The highest BCUT2D eigenvalue weighted by molar-refractivity contribution is 8.18. The lowest BCUT2D eigenvalue weighted by Crippen LogP contribution is -2.44. The van der Waals surface area contributed by atoms with Crippen molar-refractivity contribution in [3.05, 3.63) is 78.4 Å². The molecule has 1 aliphatic rings. The molecule has 1 radical (unpaired) electrons. The molecule has 5 nitrogen and oxygen atoms in total. The van der Waals surface area contributed by atoms with Crippen LogP contribution in [0.2, 0.25) is 0 Å². The molecule has 0 saturated heterocycles. The number of nitrogens with one attached hydrogen (secondary N) is 2. The van der Waals surface area contributed by atoms with E-state index in [4.69, 9.17) is 0 Å². The van der Waals surface area contributed by atoms with E-state index in [2.05, 4.69) is 28.8 Å². The number of aliphatic imine (C=N–C) groups is 1. The van der Waals surface area contributed by atoms with Crippen LogP contribution in [0, 0.1) is 5.41 Å². The lowest BCUT2D eigenvalue weighted by molar-refractivity contribution is -0.135. The predicted molar refractivity (Wildman–Crippen MR) is 123 cm³/mol. The number of carbonyl (C=O) groups is 2. The second-order valence-electron chi connectivity index (χ2n) is 6.47. The summed E-state index contributed by atoms with van der Waals surface area (Å²) in [6.45, 7) is 11.3. The Bertz CT molecular complexity index is 871. The van der Waals surface area contributed by atoms with Crippen LogP contribution in [0.25, 0.3) is 0 Å². The summed E-state index contributed by atoms with van der Waals surface area (Å²) in [6.07, 6.45) is 7.75. The van der Waals surface area contributed by atoms with E-state index in [1.165, 1.54) is 18.0 Å². The number of allylic oxidation sites excluding steroid dienone is 3. The van der Waals surface area contributed by atoms with E-state index in [0.717, 1.165) is 5.46 Å². The van der Waals surface area contributed by atoms with Gasteiger partial charge < -0.3 is 10.6 Å². The molecule has 1 aromatic rings. The zero-order chi connectivity index (χ0) is 21.3. The molecule has 7 heteroatoms. The normalized spacial score (nSPS) is 15.5. The smallest absolute Gasteiger partial charge is 0.241 e. The molecule has 0 bridgehead atoms. The van der Waals surface area contributed by atoms with Crippen molar-refractivity contribution in [3.8, 4) is 0 Å². The summed E-state index contributed by atoms with van der Waals surface area (Å²) in [6, 6.07) is 9.73. The van der Waals surface area contributed by atoms with Crippen LogP contribution in [0.4, 0.5) is 0 Å². The largest absolute Gasteiger partial charge is 0.325 e. The minimum atomic E-state index is -1.07. The van der Waals surface area contributed by atoms with E-state index in [-0.39, 0.29) is 11.8 Å². The van der Waals surface area contributed by atoms with Crippen LogP contribution in [-0.2, 0) is 9.59 Å². The molecule has 0 spiro atoms. The number of amidine groups is 1. The van der Waals surface area contributed by atoms with Crippen molar-refractivity contribution in [1.82, 2.24) is 10.6 Å². The highest BCUT2D eigenvalue weighted by Crippen LogP contribution is 2.46. The van der Waals surface area contributed by atoms with Gasteiger partial charge in [-0.2, -0.15) is 0 Å². The van der Waals surface area contributed by atoms with E-state index in [1.54, 1.807) is 12.2 Å². The molecule has 149 valence electrons. The number of benzene rings is 1. The lowest BCUT2D eigenvalue weighted by Gasteiger charge is -2.17. The van der Waals surface area contributed by atoms with Crippen molar-refractivity contribution in [2.24, 2.45) is 10.4 Å². The molecule has 1 fully saturated rings. The van der Waals surface area contributed by atoms with Gasteiger partial charge in [0.15, 0.2) is 12.4 Å². The quantitative estimate of drug-likeness (QED) is 0.229. The van der Waals surface area contributed by atoms with Gasteiger partial charge in [0.1, 0.15) is 5.41 Å². The molecule has 1 aromatic carbocycles. The van der Waals surface area contributed by atoms with Gasteiger partial charge in [-0.15, -0.1) is 0 Å². The fraction of sp³-hybridized carbons (Fsp3) is 0.227. The van der Waals surface area contributed by atoms with Crippen molar-refractivity contribution in [3.63, 3.8) is 0 Å². The fourth-order valence-electron chi connectivity index (χ4n) is 2.60. The average molecular weight is 406 g/mol. The first-order chi connectivity index (χ1) is 13.9. The third-order valence-corrected chi connectivity index (χ3v) is 5.10. The van der Waals surface area contributed by atoms with Gasteiger partial charge in [0.2, 0.25) is 11.8 Å². The number of hydrogen-bond donors (Lipinski definition) is 2. The Balaban J connectivity index is 2.01. The summed E-state index contributed by atoms with van der Waals surface area (Å²) in [7, 11) is 1.89. The second kappa shape index (κ2) is 10.7. The first kappa shape index (κ1) is 22.5. The lowest BCUT2D eigenvalue weighted by atomic mass is 9.70. The second-order valence-corrected chi connectivity index (χ2v) is 7.59. The molecule has 2 rings (SSSR count). The fourth-order valence-corrected chi connectivity index (χ4v) is 3.31. The molecule has 2 N–H and O–H groups in total. The Labute approximate surface area is 177 Å². The minimum absolute atomic E-state index is 0.307. The molecule has 0 aliphatic heterocycles. The Hall–Kier alpha value is -2.80. The molecule has 2 amide bonds. The van der Waals surface area contributed by atoms with E-state index in [9.17, 15) is 9.59 Å². The maximum absolute atomic E-state index is 12.8. The van der Waals surface area contributed by atoms with Crippen LogP contribution < -0.4 is 16.1 Å². The topological polar surface area (TPSA) is 70.6 Å². The number of rotatable bonds is 8. The summed E-state index contributed by atoms with van der Waals surface area (Å²) in [5, 5.41) is 5.91. The van der Waals surface area contributed by atoms with Gasteiger partial charge in [-0.25, -0.2) is 4.99 Å². The standard InChI is InChI=1S/C22H25BN3O2S/c1-5-11-18(6-2)25-19(27)22(14-15-22)20(28)26-21(24-7-3)29-16(4)23-17-12-9-8-10-13-17/h5-13H,3-4,14-15H2,1-2H3,(H,25,27)(H,24,26,28)/b11-5-,18-6+. The number of nitrogens with zero attached hydrogens (tertiary/aromatic N) is 1. The van der Waals surface area contributed by atoms with Crippen molar-refractivity contribution >= 4 is 41.5 Å². The molecule has 1 saturated carbocycles. The Morgan fingerprint density at radius 3 is 2.38 bits per heavy atom. The maximum atomic E-state index is 12.8. The summed E-state index contributed by atoms with van der Waals surface area (Å²) in [4.78, 5) is 30.4. The van der Waals surface area contributed by atoms with Crippen molar-refractivity contribution < 1.29 is 9.59 Å². The molecule has 1 aliphatic carbocycles. The number of hydrogen-bond acceptors (Lipinski definition) is 4. The Morgan fingerprint density at radius 1 is 1.17 bits per heavy atom. The van der Waals surface area contributed by atoms with E-state index >= 15 is 0 Å². The van der Waals surface area contributed by atoms with Gasteiger partial charge in [-0.05, 0) is 37.6 Å². The van der Waals surface area contributed by atoms with E-state index in [1.807, 2.05) is 57.5 Å². The van der Waals surface area contributed by atoms with Crippen LogP contribution in [0.3, 0.4) is 0 Å². The van der Waals surface area contributed by atoms with Crippen LogP contribution in [0.1, 0.15) is 26.7 Å². The average Bonchev–Trinajstić information content (AvgIpc) is 3.50. The first-order valence-corrected chi connectivity index (χ1v) is 10.1. The third-order valence-electron chi connectivity index (χ3n) is 4.32.